The molecular weight excluding hydrogens is 174 g/mol. The fraction of sp³-hybridized carbons (Fsp3) is 0.625. The summed E-state index contributed by atoms with van der Waals surface area (Å²) < 4.78 is 2.01. The third-order valence-corrected chi connectivity index (χ3v) is 2.76. The van der Waals surface area contributed by atoms with Gasteiger partial charge in [0.25, 0.3) is 0 Å². The summed E-state index contributed by atoms with van der Waals surface area (Å²) in [5, 5.41) is 5.18. The van der Waals surface area contributed by atoms with Gasteiger partial charge in [-0.2, -0.15) is 5.10 Å². The molecule has 0 saturated carbocycles. The Morgan fingerprint density at radius 3 is 2.92 bits per heavy atom. The number of hydrogen-bond donors (Lipinski definition) is 0. The van der Waals surface area contributed by atoms with Crippen molar-refractivity contribution in [1.82, 2.24) is 14.7 Å². The van der Waals surface area contributed by atoms with E-state index in [1.54, 1.807) is 0 Å². The van der Waals surface area contributed by atoms with Crippen LogP contribution in [-0.4, -0.2) is 28.3 Å². The van der Waals surface area contributed by atoms with Crippen molar-refractivity contribution in [2.75, 3.05) is 13.6 Å². The Labute approximate surface area is 76.9 Å². The van der Waals surface area contributed by atoms with E-state index < -0.39 is 0 Å². The maximum absolute atomic E-state index is 6.08. The van der Waals surface area contributed by atoms with E-state index in [4.69, 9.17) is 11.6 Å². The minimum Gasteiger partial charge on any atom is -0.299 e. The van der Waals surface area contributed by atoms with Gasteiger partial charge in [-0.1, -0.05) is 11.6 Å². The van der Waals surface area contributed by atoms with E-state index in [1.807, 2.05) is 11.6 Å². The highest BCUT2D eigenvalue weighted by Crippen LogP contribution is 2.23. The van der Waals surface area contributed by atoms with Crippen LogP contribution in [0.1, 0.15) is 11.4 Å². The van der Waals surface area contributed by atoms with E-state index in [1.165, 1.54) is 0 Å². The highest BCUT2D eigenvalue weighted by Gasteiger charge is 2.18. The molecule has 0 N–H and O–H groups in total. The minimum absolute atomic E-state index is 0.835. The fourth-order valence-electron chi connectivity index (χ4n) is 1.54. The lowest BCUT2D eigenvalue weighted by Gasteiger charge is -2.23. The molecule has 0 bridgehead atoms. The molecule has 2 heterocycles. The zero-order chi connectivity index (χ0) is 8.72. The Morgan fingerprint density at radius 2 is 2.17 bits per heavy atom. The number of likely N-dealkylation sites (N-methyl/N-ethyl adjacent to an activating group) is 1. The number of aromatic nitrogens is 2. The molecule has 3 nitrogen and oxygen atoms in total. The van der Waals surface area contributed by atoms with E-state index >= 15 is 0 Å². The third kappa shape index (κ3) is 1.13. The first-order valence-electron chi connectivity index (χ1n) is 4.09. The molecule has 0 radical (unpaired) electrons. The number of nitrogens with zero attached hydrogens (tertiary/aromatic N) is 3. The first kappa shape index (κ1) is 8.08. The molecule has 1 aromatic heterocycles. The van der Waals surface area contributed by atoms with Crippen LogP contribution >= 0.6 is 11.6 Å². The van der Waals surface area contributed by atoms with Crippen molar-refractivity contribution in [1.29, 1.82) is 0 Å². The first-order chi connectivity index (χ1) is 5.68. The Hall–Kier alpha value is -0.540. The van der Waals surface area contributed by atoms with Crippen molar-refractivity contribution in [3.05, 3.63) is 16.4 Å². The van der Waals surface area contributed by atoms with E-state index in [0.717, 1.165) is 36.0 Å². The van der Waals surface area contributed by atoms with Crippen LogP contribution in [0.25, 0.3) is 0 Å². The molecule has 4 heteroatoms. The minimum atomic E-state index is 0.835. The number of hydrogen-bond acceptors (Lipinski definition) is 2. The quantitative estimate of drug-likeness (QED) is 0.608. The van der Waals surface area contributed by atoms with Gasteiger partial charge in [0.1, 0.15) is 0 Å². The van der Waals surface area contributed by atoms with Crippen molar-refractivity contribution in [2.45, 2.75) is 20.0 Å². The van der Waals surface area contributed by atoms with E-state index in [0.29, 0.717) is 0 Å². The van der Waals surface area contributed by atoms with Crippen molar-refractivity contribution in [3.8, 4) is 0 Å². The zero-order valence-corrected chi connectivity index (χ0v) is 8.10. The molecule has 0 aromatic carbocycles. The molecule has 1 aliphatic rings. The van der Waals surface area contributed by atoms with Gasteiger partial charge < -0.3 is 0 Å². The zero-order valence-electron chi connectivity index (χ0n) is 7.34. The molecule has 66 valence electrons. The predicted molar refractivity (Wildman–Crippen MR) is 48.3 cm³/mol. The fourth-order valence-corrected chi connectivity index (χ4v) is 1.74. The standard InChI is InChI=1S/C8H12ClN3/c1-6-8(9)7-5-11(2)3-4-12(7)10-6/h3-5H2,1-2H3. The summed E-state index contributed by atoms with van der Waals surface area (Å²) in [7, 11) is 2.10. The van der Waals surface area contributed by atoms with Gasteiger partial charge in [-0.15, -0.1) is 0 Å². The van der Waals surface area contributed by atoms with Crippen LogP contribution < -0.4 is 0 Å². The number of rotatable bonds is 0. The lowest BCUT2D eigenvalue weighted by molar-refractivity contribution is 0.259. The van der Waals surface area contributed by atoms with Crippen LogP contribution in [0.5, 0.6) is 0 Å². The van der Waals surface area contributed by atoms with Gasteiger partial charge in [0.15, 0.2) is 0 Å². The second-order valence-corrected chi connectivity index (χ2v) is 3.68. The SMILES string of the molecule is Cc1nn2c(c1Cl)CN(C)CC2. The smallest absolute Gasteiger partial charge is 0.0860 e. The van der Waals surface area contributed by atoms with Gasteiger partial charge >= 0.3 is 0 Å². The number of aryl methyl sites for hydroxylation is 1. The van der Waals surface area contributed by atoms with Crippen molar-refractivity contribution < 1.29 is 0 Å². The molecule has 0 atom stereocenters. The summed E-state index contributed by atoms with van der Waals surface area (Å²) in [4.78, 5) is 2.25. The predicted octanol–water partition coefficient (Wildman–Crippen LogP) is 1.29. The van der Waals surface area contributed by atoms with Crippen molar-refractivity contribution in [2.24, 2.45) is 0 Å². The highest BCUT2D eigenvalue weighted by molar-refractivity contribution is 6.31. The van der Waals surface area contributed by atoms with Crippen LogP contribution in [0.2, 0.25) is 5.02 Å². The summed E-state index contributed by atoms with van der Waals surface area (Å²) in [6.07, 6.45) is 0. The molecule has 0 spiro atoms. The first-order valence-corrected chi connectivity index (χ1v) is 4.46. The summed E-state index contributed by atoms with van der Waals surface area (Å²) >= 11 is 6.08. The second kappa shape index (κ2) is 2.75. The van der Waals surface area contributed by atoms with Gasteiger partial charge in [0.05, 0.1) is 23.0 Å². The van der Waals surface area contributed by atoms with Crippen molar-refractivity contribution >= 4 is 11.6 Å². The maximum Gasteiger partial charge on any atom is 0.0860 e. The average molecular weight is 186 g/mol. The molecule has 1 aromatic rings. The van der Waals surface area contributed by atoms with Crippen LogP contribution in [0, 0.1) is 6.92 Å². The van der Waals surface area contributed by atoms with Gasteiger partial charge in [0, 0.05) is 13.1 Å². The van der Waals surface area contributed by atoms with Gasteiger partial charge in [0.2, 0.25) is 0 Å². The summed E-state index contributed by atoms with van der Waals surface area (Å²) in [5.74, 6) is 0. The Kier molecular flexibility index (Phi) is 1.85. The molecule has 0 aliphatic carbocycles. The molecule has 0 fully saturated rings. The van der Waals surface area contributed by atoms with Gasteiger partial charge in [-0.05, 0) is 14.0 Å². The Morgan fingerprint density at radius 1 is 1.42 bits per heavy atom. The lowest BCUT2D eigenvalue weighted by atomic mass is 10.3. The molecule has 12 heavy (non-hydrogen) atoms. The molecule has 0 unspecified atom stereocenters. The van der Waals surface area contributed by atoms with Crippen LogP contribution in [-0.2, 0) is 13.1 Å². The maximum atomic E-state index is 6.08. The molecule has 1 aliphatic heterocycles. The van der Waals surface area contributed by atoms with Gasteiger partial charge in [-0.25, -0.2) is 0 Å². The highest BCUT2D eigenvalue weighted by atomic mass is 35.5. The van der Waals surface area contributed by atoms with Crippen molar-refractivity contribution in [3.63, 3.8) is 0 Å². The van der Waals surface area contributed by atoms with Crippen LogP contribution in [0.15, 0.2) is 0 Å². The Bertz CT molecular complexity index is 305. The molecule has 0 saturated heterocycles. The van der Waals surface area contributed by atoms with Gasteiger partial charge in [-0.3, -0.25) is 9.58 Å². The Balaban J connectivity index is 2.44. The molecular formula is C8H12ClN3. The number of halogens is 1. The molecule has 2 rings (SSSR count). The lowest BCUT2D eigenvalue weighted by Crippen LogP contribution is -2.30. The average Bonchev–Trinajstić information content (AvgIpc) is 2.31. The van der Waals surface area contributed by atoms with E-state index in [-0.39, 0.29) is 0 Å². The molecule has 0 amide bonds. The number of fused-ring (bicyclic) bond motifs is 1. The third-order valence-electron chi connectivity index (χ3n) is 2.27. The summed E-state index contributed by atoms with van der Waals surface area (Å²) in [6, 6.07) is 0. The summed E-state index contributed by atoms with van der Waals surface area (Å²) in [6.45, 7) is 4.89. The topological polar surface area (TPSA) is 21.1 Å². The van der Waals surface area contributed by atoms with E-state index in [9.17, 15) is 0 Å². The van der Waals surface area contributed by atoms with Crippen LogP contribution in [0.4, 0.5) is 0 Å². The van der Waals surface area contributed by atoms with E-state index in [2.05, 4.69) is 17.0 Å². The largest absolute Gasteiger partial charge is 0.299 e. The monoisotopic (exact) mass is 185 g/mol. The second-order valence-electron chi connectivity index (χ2n) is 3.31. The summed E-state index contributed by atoms with van der Waals surface area (Å²) in [5.41, 5.74) is 2.10. The normalized spacial score (nSPS) is 17.9. The van der Waals surface area contributed by atoms with Crippen LogP contribution in [0.3, 0.4) is 0 Å².